The monoisotopic (exact) mass is 408 g/mol. The van der Waals surface area contributed by atoms with Crippen molar-refractivity contribution in [2.45, 2.75) is 19.9 Å². The molecule has 1 aliphatic rings. The van der Waals surface area contributed by atoms with Crippen molar-refractivity contribution in [2.24, 2.45) is 0 Å². The largest absolute Gasteiger partial charge is 0.457 e. The number of pyridine rings is 2. The molecule has 5 rings (SSSR count). The molecule has 0 fully saturated rings. The molecular formula is C26H24N4O. The Morgan fingerprint density at radius 3 is 2.32 bits per heavy atom. The van der Waals surface area contributed by atoms with Crippen LogP contribution in [0.4, 0.5) is 17.1 Å². The first-order valence-corrected chi connectivity index (χ1v) is 10.5. The third-order valence-corrected chi connectivity index (χ3v) is 5.42. The summed E-state index contributed by atoms with van der Waals surface area (Å²) in [7, 11) is 0. The van der Waals surface area contributed by atoms with Gasteiger partial charge in [-0.3, -0.25) is 9.97 Å². The molecule has 5 nitrogen and oxygen atoms in total. The highest BCUT2D eigenvalue weighted by atomic mass is 16.5. The molecule has 5 heteroatoms. The van der Waals surface area contributed by atoms with E-state index in [-0.39, 0.29) is 0 Å². The zero-order chi connectivity index (χ0) is 21.2. The average Bonchev–Trinajstić information content (AvgIpc) is 3.20. The van der Waals surface area contributed by atoms with Gasteiger partial charge in [0.15, 0.2) is 0 Å². The second kappa shape index (κ2) is 8.11. The van der Waals surface area contributed by atoms with E-state index in [1.165, 1.54) is 11.4 Å². The third-order valence-electron chi connectivity index (χ3n) is 5.42. The number of hydrogen-bond acceptors (Lipinski definition) is 5. The lowest BCUT2D eigenvalue weighted by Gasteiger charge is -2.25. The van der Waals surface area contributed by atoms with E-state index >= 15 is 0 Å². The number of rotatable bonds is 5. The highest BCUT2D eigenvalue weighted by Crippen LogP contribution is 2.42. The lowest BCUT2D eigenvalue weighted by molar-refractivity contribution is 0.482. The minimum Gasteiger partial charge on any atom is -0.457 e. The molecule has 0 radical (unpaired) electrons. The zero-order valence-electron chi connectivity index (χ0n) is 17.6. The lowest BCUT2D eigenvalue weighted by atomic mass is 10.2. The van der Waals surface area contributed by atoms with Crippen LogP contribution < -0.4 is 14.5 Å². The van der Waals surface area contributed by atoms with Crippen molar-refractivity contribution in [1.82, 2.24) is 9.97 Å². The number of ether oxygens (including phenoxy) is 1. The molecular weight excluding hydrogens is 384 g/mol. The predicted octanol–water partition coefficient (Wildman–Crippen LogP) is 6.26. The Morgan fingerprint density at radius 1 is 0.742 bits per heavy atom. The quantitative estimate of drug-likeness (QED) is 0.390. The number of hydrogen-bond donors (Lipinski definition) is 0. The number of nitrogens with zero attached hydrogens (tertiary/aromatic N) is 4. The molecule has 0 amide bonds. The van der Waals surface area contributed by atoms with Crippen LogP contribution in [0.25, 0.3) is 11.4 Å². The molecule has 0 N–H and O–H groups in total. The molecule has 4 aromatic rings. The van der Waals surface area contributed by atoms with Gasteiger partial charge in [0.2, 0.25) is 0 Å². The Hall–Kier alpha value is -3.86. The Kier molecular flexibility index (Phi) is 5.00. The van der Waals surface area contributed by atoms with Crippen LogP contribution in [0.2, 0.25) is 0 Å². The number of para-hydroxylation sites is 2. The third kappa shape index (κ3) is 3.82. The van der Waals surface area contributed by atoms with Gasteiger partial charge in [0.25, 0.3) is 0 Å². The van der Waals surface area contributed by atoms with Crippen LogP contribution in [-0.2, 0) is 0 Å². The van der Waals surface area contributed by atoms with E-state index in [0.717, 1.165) is 35.2 Å². The van der Waals surface area contributed by atoms with Crippen LogP contribution in [0, 0.1) is 0 Å². The van der Waals surface area contributed by atoms with Crippen LogP contribution in [0.15, 0.2) is 91.3 Å². The molecule has 0 unspecified atom stereocenters. The van der Waals surface area contributed by atoms with E-state index in [4.69, 9.17) is 4.74 Å². The second-order valence-electron chi connectivity index (χ2n) is 7.81. The van der Waals surface area contributed by atoms with Crippen molar-refractivity contribution < 1.29 is 4.74 Å². The Labute approximate surface area is 182 Å². The zero-order valence-corrected chi connectivity index (χ0v) is 17.6. The molecule has 31 heavy (non-hydrogen) atoms. The van der Waals surface area contributed by atoms with Gasteiger partial charge in [0, 0.05) is 36.3 Å². The van der Waals surface area contributed by atoms with Gasteiger partial charge in [-0.15, -0.1) is 0 Å². The molecule has 0 spiro atoms. The highest BCUT2D eigenvalue weighted by Gasteiger charge is 2.28. The van der Waals surface area contributed by atoms with Crippen LogP contribution in [-0.4, -0.2) is 22.7 Å². The van der Waals surface area contributed by atoms with E-state index in [9.17, 15) is 0 Å². The van der Waals surface area contributed by atoms with Crippen molar-refractivity contribution in [3.05, 3.63) is 91.3 Å². The van der Waals surface area contributed by atoms with E-state index in [1.54, 1.807) is 12.4 Å². The van der Waals surface area contributed by atoms with Crippen molar-refractivity contribution in [3.8, 4) is 22.9 Å². The fourth-order valence-corrected chi connectivity index (χ4v) is 3.88. The van der Waals surface area contributed by atoms with Crippen LogP contribution >= 0.6 is 0 Å². The van der Waals surface area contributed by atoms with Gasteiger partial charge in [-0.25, -0.2) is 0 Å². The molecule has 1 aliphatic heterocycles. The standard InChI is InChI=1S/C26H24N4O/c1-19(2)29-18-30(26-12-4-3-11-25(26)29)20-8-7-9-21(16-20)31-22-13-15-28-24(17-22)23-10-5-6-14-27-23/h3-17,19H,18H2,1-2H3. The summed E-state index contributed by atoms with van der Waals surface area (Å²) in [5.41, 5.74) is 5.19. The fraction of sp³-hybridized carbons (Fsp3) is 0.154. The normalized spacial score (nSPS) is 12.9. The summed E-state index contributed by atoms with van der Waals surface area (Å²) in [6, 6.07) is 26.8. The number of anilines is 3. The Bertz CT molecular complexity index is 1190. The van der Waals surface area contributed by atoms with Crippen LogP contribution in [0.1, 0.15) is 13.8 Å². The van der Waals surface area contributed by atoms with Gasteiger partial charge in [0.1, 0.15) is 11.5 Å². The molecule has 2 aromatic heterocycles. The smallest absolute Gasteiger partial charge is 0.131 e. The molecule has 0 saturated heterocycles. The topological polar surface area (TPSA) is 41.5 Å². The van der Waals surface area contributed by atoms with Gasteiger partial charge >= 0.3 is 0 Å². The minimum absolute atomic E-state index is 0.424. The maximum atomic E-state index is 6.19. The summed E-state index contributed by atoms with van der Waals surface area (Å²) < 4.78 is 6.19. The lowest BCUT2D eigenvalue weighted by Crippen LogP contribution is -2.33. The first-order chi connectivity index (χ1) is 15.2. The van der Waals surface area contributed by atoms with Gasteiger partial charge in [0.05, 0.1) is 29.4 Å². The summed E-state index contributed by atoms with van der Waals surface area (Å²) in [5, 5.41) is 0. The summed E-state index contributed by atoms with van der Waals surface area (Å²) in [6.07, 6.45) is 3.52. The van der Waals surface area contributed by atoms with Gasteiger partial charge < -0.3 is 14.5 Å². The maximum absolute atomic E-state index is 6.19. The summed E-state index contributed by atoms with van der Waals surface area (Å²) in [5.74, 6) is 1.52. The average molecular weight is 409 g/mol. The highest BCUT2D eigenvalue weighted by molar-refractivity contribution is 5.82. The minimum atomic E-state index is 0.424. The van der Waals surface area contributed by atoms with Crippen molar-refractivity contribution in [3.63, 3.8) is 0 Å². The molecule has 0 aliphatic carbocycles. The van der Waals surface area contributed by atoms with E-state index < -0.39 is 0 Å². The van der Waals surface area contributed by atoms with E-state index in [1.807, 2.05) is 42.5 Å². The first kappa shape index (κ1) is 19.1. The maximum Gasteiger partial charge on any atom is 0.131 e. The van der Waals surface area contributed by atoms with Gasteiger partial charge in [-0.2, -0.15) is 0 Å². The number of aromatic nitrogens is 2. The molecule has 0 saturated carbocycles. The van der Waals surface area contributed by atoms with Crippen molar-refractivity contribution in [1.29, 1.82) is 0 Å². The molecule has 154 valence electrons. The second-order valence-corrected chi connectivity index (χ2v) is 7.81. The molecule has 0 bridgehead atoms. The van der Waals surface area contributed by atoms with Crippen molar-refractivity contribution in [2.75, 3.05) is 16.5 Å². The van der Waals surface area contributed by atoms with Gasteiger partial charge in [-0.05, 0) is 56.3 Å². The first-order valence-electron chi connectivity index (χ1n) is 10.5. The number of fused-ring (bicyclic) bond motifs is 1. The van der Waals surface area contributed by atoms with Gasteiger partial charge in [-0.1, -0.05) is 24.3 Å². The van der Waals surface area contributed by atoms with E-state index in [2.05, 4.69) is 70.0 Å². The van der Waals surface area contributed by atoms with Crippen molar-refractivity contribution >= 4 is 17.1 Å². The fourth-order valence-electron chi connectivity index (χ4n) is 3.88. The Morgan fingerprint density at radius 2 is 1.52 bits per heavy atom. The molecule has 0 atom stereocenters. The Balaban J connectivity index is 1.42. The summed E-state index contributed by atoms with van der Waals surface area (Å²) in [4.78, 5) is 13.5. The molecule has 3 heterocycles. The molecule has 2 aromatic carbocycles. The van der Waals surface area contributed by atoms with E-state index in [0.29, 0.717) is 6.04 Å². The SMILES string of the molecule is CC(C)N1CN(c2cccc(Oc3ccnc(-c4ccccn4)c3)c2)c2ccccc21. The van der Waals surface area contributed by atoms with Crippen LogP contribution in [0.3, 0.4) is 0 Å². The summed E-state index contributed by atoms with van der Waals surface area (Å²) >= 11 is 0. The predicted molar refractivity (Wildman–Crippen MR) is 125 cm³/mol. The summed E-state index contributed by atoms with van der Waals surface area (Å²) in [6.45, 7) is 5.27. The van der Waals surface area contributed by atoms with Crippen LogP contribution in [0.5, 0.6) is 11.5 Å². The number of benzene rings is 2.